The quantitative estimate of drug-likeness (QED) is 0.471. The number of thiazole rings is 1. The normalized spacial score (nSPS) is 11.2. The number of rotatable bonds is 5. The topological polar surface area (TPSA) is 37.3 Å². The molecule has 3 aromatic rings. The minimum atomic E-state index is 0.802. The van der Waals surface area contributed by atoms with Gasteiger partial charge < -0.3 is 0 Å². The molecule has 0 atom stereocenters. The van der Waals surface area contributed by atoms with Crippen LogP contribution in [0.4, 0.5) is 5.13 Å². The van der Waals surface area contributed by atoms with E-state index < -0.39 is 0 Å². The molecule has 0 saturated heterocycles. The van der Waals surface area contributed by atoms with Crippen molar-refractivity contribution in [3.05, 3.63) is 69.6 Å². The summed E-state index contributed by atoms with van der Waals surface area (Å²) in [6.45, 7) is 8.56. The van der Waals surface area contributed by atoms with Gasteiger partial charge in [-0.15, -0.1) is 11.3 Å². The van der Waals surface area contributed by atoms with Gasteiger partial charge in [-0.3, -0.25) is 5.43 Å². The van der Waals surface area contributed by atoms with Crippen LogP contribution in [-0.2, 0) is 6.42 Å². The highest BCUT2D eigenvalue weighted by atomic mass is 32.1. The Morgan fingerprint density at radius 2 is 1.76 bits per heavy atom. The van der Waals surface area contributed by atoms with E-state index >= 15 is 0 Å². The Labute approximate surface area is 153 Å². The molecular weight excluding hydrogens is 326 g/mol. The first-order chi connectivity index (χ1) is 12.1. The van der Waals surface area contributed by atoms with Crippen molar-refractivity contribution in [2.75, 3.05) is 5.43 Å². The summed E-state index contributed by atoms with van der Waals surface area (Å²) in [7, 11) is 0. The molecule has 0 aliphatic carbocycles. The molecule has 1 aromatic heterocycles. The molecule has 1 N–H and O–H groups in total. The number of nitrogens with one attached hydrogen (secondary N) is 1. The first-order valence-corrected chi connectivity index (χ1v) is 9.36. The number of aryl methyl sites for hydroxylation is 4. The zero-order chi connectivity index (χ0) is 17.8. The van der Waals surface area contributed by atoms with Crippen LogP contribution in [0.2, 0.25) is 0 Å². The zero-order valence-electron chi connectivity index (χ0n) is 15.1. The largest absolute Gasteiger partial charge is 0.253 e. The van der Waals surface area contributed by atoms with Crippen LogP contribution in [0.15, 0.2) is 46.9 Å². The van der Waals surface area contributed by atoms with E-state index in [9.17, 15) is 0 Å². The van der Waals surface area contributed by atoms with Gasteiger partial charge in [-0.25, -0.2) is 4.98 Å². The fraction of sp³-hybridized carbons (Fsp3) is 0.238. The van der Waals surface area contributed by atoms with Gasteiger partial charge in [-0.05, 0) is 49.4 Å². The second-order valence-corrected chi connectivity index (χ2v) is 7.13. The molecular formula is C21H23N3S. The van der Waals surface area contributed by atoms with Crippen LogP contribution in [-0.4, -0.2) is 11.2 Å². The average Bonchev–Trinajstić information content (AvgIpc) is 3.03. The predicted octanol–water partition coefficient (Wildman–Crippen LogP) is 5.74. The summed E-state index contributed by atoms with van der Waals surface area (Å²) in [6.07, 6.45) is 2.87. The molecule has 0 fully saturated rings. The Kier molecular flexibility index (Phi) is 5.29. The second kappa shape index (κ2) is 7.62. The SMILES string of the molecule is CCc1ccc(/C=N\Nc2nc(-c3c(C)cc(C)cc3C)cs2)cc1. The molecule has 0 aliphatic heterocycles. The van der Waals surface area contributed by atoms with Gasteiger partial charge in [0, 0.05) is 10.9 Å². The Morgan fingerprint density at radius 1 is 1.08 bits per heavy atom. The lowest BCUT2D eigenvalue weighted by Gasteiger charge is -2.08. The van der Waals surface area contributed by atoms with Gasteiger partial charge in [-0.1, -0.05) is 48.9 Å². The van der Waals surface area contributed by atoms with Crippen molar-refractivity contribution in [1.29, 1.82) is 0 Å². The molecule has 0 aliphatic rings. The van der Waals surface area contributed by atoms with Gasteiger partial charge in [-0.2, -0.15) is 5.10 Å². The van der Waals surface area contributed by atoms with E-state index in [0.717, 1.165) is 22.8 Å². The molecule has 1 heterocycles. The highest BCUT2D eigenvalue weighted by molar-refractivity contribution is 7.14. The minimum Gasteiger partial charge on any atom is -0.253 e. The third-order valence-electron chi connectivity index (χ3n) is 4.20. The number of hydrogen-bond acceptors (Lipinski definition) is 4. The highest BCUT2D eigenvalue weighted by Gasteiger charge is 2.10. The molecule has 0 unspecified atom stereocenters. The Hall–Kier alpha value is -2.46. The predicted molar refractivity (Wildman–Crippen MR) is 109 cm³/mol. The van der Waals surface area contributed by atoms with Crippen LogP contribution in [0.25, 0.3) is 11.3 Å². The number of hydrazone groups is 1. The van der Waals surface area contributed by atoms with Crippen molar-refractivity contribution >= 4 is 22.7 Å². The molecule has 0 bridgehead atoms. The highest BCUT2D eigenvalue weighted by Crippen LogP contribution is 2.30. The van der Waals surface area contributed by atoms with Gasteiger partial charge in [0.15, 0.2) is 0 Å². The standard InChI is InChI=1S/C21H23N3S/c1-5-17-6-8-18(9-7-17)12-22-24-21-23-19(13-25-21)20-15(3)10-14(2)11-16(20)4/h6-13H,5H2,1-4H3,(H,23,24)/b22-12-. The molecule has 25 heavy (non-hydrogen) atoms. The number of anilines is 1. The maximum absolute atomic E-state index is 4.68. The molecule has 0 spiro atoms. The van der Waals surface area contributed by atoms with Gasteiger partial charge >= 0.3 is 0 Å². The number of aromatic nitrogens is 1. The maximum Gasteiger partial charge on any atom is 0.203 e. The molecule has 3 nitrogen and oxygen atoms in total. The van der Waals surface area contributed by atoms with Crippen molar-refractivity contribution in [3.63, 3.8) is 0 Å². The second-order valence-electron chi connectivity index (χ2n) is 6.28. The minimum absolute atomic E-state index is 0.802. The summed E-state index contributed by atoms with van der Waals surface area (Å²) in [5.74, 6) is 0. The molecule has 0 saturated carbocycles. The van der Waals surface area contributed by atoms with Crippen LogP contribution < -0.4 is 5.43 Å². The van der Waals surface area contributed by atoms with Gasteiger partial charge in [0.2, 0.25) is 5.13 Å². The van der Waals surface area contributed by atoms with Crippen molar-refractivity contribution in [2.24, 2.45) is 5.10 Å². The van der Waals surface area contributed by atoms with E-state index in [1.54, 1.807) is 11.3 Å². The molecule has 4 heteroatoms. The van der Waals surface area contributed by atoms with Crippen LogP contribution >= 0.6 is 11.3 Å². The molecule has 0 radical (unpaired) electrons. The maximum atomic E-state index is 4.68. The molecule has 2 aromatic carbocycles. The zero-order valence-corrected chi connectivity index (χ0v) is 15.9. The third kappa shape index (κ3) is 4.15. The average molecular weight is 350 g/mol. The van der Waals surface area contributed by atoms with Crippen LogP contribution in [0.5, 0.6) is 0 Å². The summed E-state index contributed by atoms with van der Waals surface area (Å²) in [6, 6.07) is 12.8. The number of benzene rings is 2. The smallest absolute Gasteiger partial charge is 0.203 e. The Morgan fingerprint density at radius 3 is 2.40 bits per heavy atom. The van der Waals surface area contributed by atoms with Gasteiger partial charge in [0.25, 0.3) is 0 Å². The summed E-state index contributed by atoms with van der Waals surface area (Å²) < 4.78 is 0. The van der Waals surface area contributed by atoms with Crippen LogP contribution in [0.3, 0.4) is 0 Å². The lowest BCUT2D eigenvalue weighted by molar-refractivity contribution is 1.14. The van der Waals surface area contributed by atoms with E-state index in [1.807, 2.05) is 6.21 Å². The summed E-state index contributed by atoms with van der Waals surface area (Å²) in [5.41, 5.74) is 11.5. The van der Waals surface area contributed by atoms with E-state index in [2.05, 4.69) is 85.0 Å². The lowest BCUT2D eigenvalue weighted by Crippen LogP contribution is -1.92. The Balaban J connectivity index is 1.72. The molecule has 0 amide bonds. The lowest BCUT2D eigenvalue weighted by atomic mass is 9.98. The Bertz CT molecular complexity index is 869. The fourth-order valence-electron chi connectivity index (χ4n) is 3.03. The van der Waals surface area contributed by atoms with E-state index in [0.29, 0.717) is 0 Å². The third-order valence-corrected chi connectivity index (χ3v) is 4.95. The van der Waals surface area contributed by atoms with Gasteiger partial charge in [0.05, 0.1) is 11.9 Å². The van der Waals surface area contributed by atoms with E-state index in [-0.39, 0.29) is 0 Å². The first-order valence-electron chi connectivity index (χ1n) is 8.48. The van der Waals surface area contributed by atoms with Crippen molar-refractivity contribution in [2.45, 2.75) is 34.1 Å². The number of nitrogens with zero attached hydrogens (tertiary/aromatic N) is 2. The van der Waals surface area contributed by atoms with Gasteiger partial charge in [0.1, 0.15) is 0 Å². The van der Waals surface area contributed by atoms with E-state index in [1.165, 1.54) is 27.8 Å². The van der Waals surface area contributed by atoms with Crippen molar-refractivity contribution in [3.8, 4) is 11.3 Å². The van der Waals surface area contributed by atoms with Crippen LogP contribution in [0.1, 0.15) is 34.7 Å². The van der Waals surface area contributed by atoms with Crippen molar-refractivity contribution in [1.82, 2.24) is 4.98 Å². The summed E-state index contributed by atoms with van der Waals surface area (Å²) in [5, 5.41) is 7.19. The van der Waals surface area contributed by atoms with Crippen LogP contribution in [0, 0.1) is 20.8 Å². The molecule has 128 valence electrons. The number of hydrogen-bond donors (Lipinski definition) is 1. The monoisotopic (exact) mass is 349 g/mol. The first kappa shape index (κ1) is 17.4. The summed E-state index contributed by atoms with van der Waals surface area (Å²) in [4.78, 5) is 4.68. The summed E-state index contributed by atoms with van der Waals surface area (Å²) >= 11 is 1.57. The molecule has 3 rings (SSSR count). The van der Waals surface area contributed by atoms with Crippen molar-refractivity contribution < 1.29 is 0 Å². The fourth-order valence-corrected chi connectivity index (χ4v) is 3.68. The van der Waals surface area contributed by atoms with E-state index in [4.69, 9.17) is 0 Å².